The molecule has 0 unspecified atom stereocenters. The first-order valence-corrected chi connectivity index (χ1v) is 12.9. The molecule has 1 aliphatic rings. The lowest BCUT2D eigenvalue weighted by Crippen LogP contribution is -2.43. The summed E-state index contributed by atoms with van der Waals surface area (Å²) in [4.78, 5) is 36.0. The standard InChI is InChI=1S/C28H32ClN5O4/c1-5-18-7-6-8-23(25(18)17(2)35)38-27-21(29)16-30-28(33-27)32-22-10-9-19(15-24(22)37-4)26(36)31-20-11-13-34(3)14-12-20/h6-10,15-16,20H,5,11-14H2,1-4H3,(H,31,36)(H,30,32,33). The van der Waals surface area contributed by atoms with Gasteiger partial charge in [0.15, 0.2) is 5.78 Å². The van der Waals surface area contributed by atoms with Crippen LogP contribution in [0.1, 0.15) is 53.0 Å². The Kier molecular flexibility index (Phi) is 8.81. The number of Topliss-reactive ketones (excluding diaryl/α,β-unsaturated/α-hetero) is 1. The summed E-state index contributed by atoms with van der Waals surface area (Å²) in [5.74, 6) is 0.900. The van der Waals surface area contributed by atoms with E-state index in [1.165, 1.54) is 20.2 Å². The summed E-state index contributed by atoms with van der Waals surface area (Å²) in [6, 6.07) is 10.7. The monoisotopic (exact) mass is 537 g/mol. The number of nitrogens with one attached hydrogen (secondary N) is 2. The predicted molar refractivity (Wildman–Crippen MR) is 147 cm³/mol. The zero-order chi connectivity index (χ0) is 27.2. The number of likely N-dealkylation sites (tertiary alicyclic amines) is 1. The van der Waals surface area contributed by atoms with Crippen molar-refractivity contribution in [2.75, 3.05) is 32.6 Å². The van der Waals surface area contributed by atoms with Crippen molar-refractivity contribution in [2.45, 2.75) is 39.2 Å². The summed E-state index contributed by atoms with van der Waals surface area (Å²) in [6.07, 6.45) is 3.95. The van der Waals surface area contributed by atoms with Crippen LogP contribution in [-0.2, 0) is 6.42 Å². The Labute approximate surface area is 227 Å². The number of benzene rings is 2. The third-order valence-electron chi connectivity index (χ3n) is 6.53. The second-order valence-electron chi connectivity index (χ2n) is 9.24. The molecule has 2 N–H and O–H groups in total. The molecule has 3 aromatic rings. The van der Waals surface area contributed by atoms with Gasteiger partial charge in [0.1, 0.15) is 16.5 Å². The fourth-order valence-corrected chi connectivity index (χ4v) is 4.55. The quantitative estimate of drug-likeness (QED) is 0.356. The molecular weight excluding hydrogens is 506 g/mol. The van der Waals surface area contributed by atoms with Gasteiger partial charge in [-0.1, -0.05) is 30.7 Å². The number of aryl methyl sites for hydroxylation is 1. The van der Waals surface area contributed by atoms with Gasteiger partial charge in [-0.2, -0.15) is 4.98 Å². The number of methoxy groups -OCH3 is 1. The van der Waals surface area contributed by atoms with Crippen molar-refractivity contribution in [1.29, 1.82) is 0 Å². The number of piperidine rings is 1. The van der Waals surface area contributed by atoms with Gasteiger partial charge in [0.05, 0.1) is 24.6 Å². The van der Waals surface area contributed by atoms with E-state index in [1.807, 2.05) is 19.1 Å². The van der Waals surface area contributed by atoms with Crippen LogP contribution in [0.15, 0.2) is 42.6 Å². The molecule has 0 aliphatic carbocycles. The van der Waals surface area contributed by atoms with Crippen molar-refractivity contribution in [3.05, 3.63) is 64.3 Å². The minimum atomic E-state index is -0.140. The van der Waals surface area contributed by atoms with Crippen molar-refractivity contribution in [1.82, 2.24) is 20.2 Å². The van der Waals surface area contributed by atoms with Crippen LogP contribution in [0.25, 0.3) is 0 Å². The van der Waals surface area contributed by atoms with Gasteiger partial charge < -0.3 is 25.0 Å². The van der Waals surface area contributed by atoms with E-state index in [1.54, 1.807) is 24.3 Å². The fraction of sp³-hybridized carbons (Fsp3) is 0.357. The van der Waals surface area contributed by atoms with Crippen molar-refractivity contribution in [3.63, 3.8) is 0 Å². The molecule has 0 radical (unpaired) electrons. The summed E-state index contributed by atoms with van der Waals surface area (Å²) in [5.41, 5.74) is 2.44. The molecule has 0 saturated carbocycles. The van der Waals surface area contributed by atoms with Crippen LogP contribution in [0.5, 0.6) is 17.4 Å². The molecule has 0 spiro atoms. The van der Waals surface area contributed by atoms with Gasteiger partial charge in [0.25, 0.3) is 5.91 Å². The third-order valence-corrected chi connectivity index (χ3v) is 6.79. The summed E-state index contributed by atoms with van der Waals surface area (Å²) in [5, 5.41) is 6.41. The number of ketones is 1. The van der Waals surface area contributed by atoms with Crippen LogP contribution in [-0.4, -0.2) is 59.8 Å². The molecular formula is C28H32ClN5O4. The molecule has 1 amide bonds. The summed E-state index contributed by atoms with van der Waals surface area (Å²) >= 11 is 6.32. The average Bonchev–Trinajstić information content (AvgIpc) is 2.91. The highest BCUT2D eigenvalue weighted by molar-refractivity contribution is 6.31. The van der Waals surface area contributed by atoms with Crippen molar-refractivity contribution in [2.24, 2.45) is 0 Å². The van der Waals surface area contributed by atoms with Gasteiger partial charge in [-0.15, -0.1) is 0 Å². The second kappa shape index (κ2) is 12.2. The zero-order valence-corrected chi connectivity index (χ0v) is 22.8. The minimum Gasteiger partial charge on any atom is -0.495 e. The van der Waals surface area contributed by atoms with Crippen molar-refractivity contribution in [3.8, 4) is 17.4 Å². The molecule has 1 aliphatic heterocycles. The highest BCUT2D eigenvalue weighted by Gasteiger charge is 2.21. The first-order chi connectivity index (χ1) is 18.3. The van der Waals surface area contributed by atoms with Crippen LogP contribution >= 0.6 is 11.6 Å². The van der Waals surface area contributed by atoms with Crippen LogP contribution in [0.2, 0.25) is 5.02 Å². The van der Waals surface area contributed by atoms with Gasteiger partial charge in [0, 0.05) is 11.6 Å². The molecule has 38 heavy (non-hydrogen) atoms. The Morgan fingerprint density at radius 2 is 1.92 bits per heavy atom. The van der Waals surface area contributed by atoms with Crippen LogP contribution in [0.3, 0.4) is 0 Å². The Balaban J connectivity index is 1.52. The fourth-order valence-electron chi connectivity index (χ4n) is 4.42. The van der Waals surface area contributed by atoms with Crippen LogP contribution in [0.4, 0.5) is 11.6 Å². The second-order valence-corrected chi connectivity index (χ2v) is 9.65. The number of halogens is 1. The van der Waals surface area contributed by atoms with Gasteiger partial charge in [-0.05, 0) is 76.2 Å². The third kappa shape index (κ3) is 6.41. The number of rotatable bonds is 9. The molecule has 0 atom stereocenters. The largest absolute Gasteiger partial charge is 0.495 e. The number of nitrogens with zero attached hydrogens (tertiary/aromatic N) is 3. The number of carbonyl (C=O) groups is 2. The number of carbonyl (C=O) groups excluding carboxylic acids is 2. The Morgan fingerprint density at radius 1 is 1.16 bits per heavy atom. The number of amides is 1. The minimum absolute atomic E-state index is 0.105. The molecule has 1 saturated heterocycles. The molecule has 4 rings (SSSR count). The Hall–Kier alpha value is -3.69. The van der Waals surface area contributed by atoms with E-state index in [2.05, 4.69) is 32.5 Å². The molecule has 2 aromatic carbocycles. The Bertz CT molecular complexity index is 1320. The van der Waals surface area contributed by atoms with Crippen LogP contribution in [0, 0.1) is 0 Å². The maximum atomic E-state index is 12.8. The normalized spacial score (nSPS) is 14.1. The van der Waals surface area contributed by atoms with Gasteiger partial charge in [-0.25, -0.2) is 4.98 Å². The summed E-state index contributed by atoms with van der Waals surface area (Å²) < 4.78 is 11.5. The highest BCUT2D eigenvalue weighted by atomic mass is 35.5. The number of hydrogen-bond acceptors (Lipinski definition) is 8. The van der Waals surface area contributed by atoms with Gasteiger partial charge in [0.2, 0.25) is 11.8 Å². The lowest BCUT2D eigenvalue weighted by molar-refractivity contribution is 0.0916. The van der Waals surface area contributed by atoms with E-state index in [0.29, 0.717) is 34.7 Å². The molecule has 2 heterocycles. The lowest BCUT2D eigenvalue weighted by atomic mass is 10.0. The first-order valence-electron chi connectivity index (χ1n) is 12.6. The zero-order valence-electron chi connectivity index (χ0n) is 22.0. The topological polar surface area (TPSA) is 106 Å². The van der Waals surface area contributed by atoms with Crippen molar-refractivity contribution >= 4 is 34.9 Å². The number of ether oxygens (including phenoxy) is 2. The van der Waals surface area contributed by atoms with Crippen molar-refractivity contribution < 1.29 is 19.1 Å². The van der Waals surface area contributed by atoms with E-state index in [-0.39, 0.29) is 34.6 Å². The highest BCUT2D eigenvalue weighted by Crippen LogP contribution is 2.33. The molecule has 0 bridgehead atoms. The smallest absolute Gasteiger partial charge is 0.251 e. The maximum Gasteiger partial charge on any atom is 0.251 e. The number of hydrogen-bond donors (Lipinski definition) is 2. The van der Waals surface area contributed by atoms with E-state index < -0.39 is 0 Å². The molecule has 10 heteroatoms. The molecule has 1 aromatic heterocycles. The first kappa shape index (κ1) is 27.3. The summed E-state index contributed by atoms with van der Waals surface area (Å²) in [7, 11) is 3.61. The number of anilines is 2. The Morgan fingerprint density at radius 3 is 2.61 bits per heavy atom. The van der Waals surface area contributed by atoms with Gasteiger partial charge >= 0.3 is 0 Å². The van der Waals surface area contributed by atoms with E-state index in [0.717, 1.165) is 31.5 Å². The molecule has 1 fully saturated rings. The lowest BCUT2D eigenvalue weighted by Gasteiger charge is -2.29. The van der Waals surface area contributed by atoms with Gasteiger partial charge in [-0.3, -0.25) is 9.59 Å². The molecule has 200 valence electrons. The van der Waals surface area contributed by atoms with Crippen LogP contribution < -0.4 is 20.1 Å². The van der Waals surface area contributed by atoms with E-state index in [4.69, 9.17) is 21.1 Å². The predicted octanol–water partition coefficient (Wildman–Crippen LogP) is 5.26. The summed E-state index contributed by atoms with van der Waals surface area (Å²) in [6.45, 7) is 5.40. The van der Waals surface area contributed by atoms with E-state index in [9.17, 15) is 9.59 Å². The van der Waals surface area contributed by atoms with E-state index >= 15 is 0 Å². The average molecular weight is 538 g/mol. The maximum absolute atomic E-state index is 12.8. The molecule has 9 nitrogen and oxygen atoms in total. The SMILES string of the molecule is CCc1cccc(Oc2nc(Nc3ccc(C(=O)NC4CCN(C)CC4)cc3OC)ncc2Cl)c1C(C)=O. The number of aromatic nitrogens is 2.